The van der Waals surface area contributed by atoms with Crippen molar-refractivity contribution >= 4 is 52.0 Å². The van der Waals surface area contributed by atoms with Crippen LogP contribution in [0.5, 0.6) is 0 Å². The van der Waals surface area contributed by atoms with Crippen LogP contribution in [0.4, 0.5) is 11.4 Å². The fourth-order valence-corrected chi connectivity index (χ4v) is 3.35. The van der Waals surface area contributed by atoms with Crippen LogP contribution in [0.2, 0.25) is 5.02 Å². The third kappa shape index (κ3) is 4.45. The first-order chi connectivity index (χ1) is 9.15. The van der Waals surface area contributed by atoms with Gasteiger partial charge in [-0.3, -0.25) is 4.79 Å². The molecule has 0 aliphatic rings. The van der Waals surface area contributed by atoms with E-state index in [0.717, 1.165) is 5.75 Å². The number of rotatable bonds is 5. The van der Waals surface area contributed by atoms with Gasteiger partial charge in [0, 0.05) is 17.9 Å². The molecular weight excluding hydrogens is 300 g/mol. The van der Waals surface area contributed by atoms with Crippen molar-refractivity contribution in [1.82, 2.24) is 0 Å². The summed E-state index contributed by atoms with van der Waals surface area (Å²) in [5, 5.41) is 5.32. The molecule has 0 spiro atoms. The van der Waals surface area contributed by atoms with Crippen LogP contribution in [0.15, 0.2) is 39.9 Å². The van der Waals surface area contributed by atoms with Crippen LogP contribution in [0.25, 0.3) is 0 Å². The summed E-state index contributed by atoms with van der Waals surface area (Å²) in [4.78, 5) is 11.7. The van der Waals surface area contributed by atoms with Crippen molar-refractivity contribution in [2.75, 3.05) is 16.8 Å². The lowest BCUT2D eigenvalue weighted by Gasteiger charge is -2.06. The third-order valence-electron chi connectivity index (χ3n) is 2.35. The summed E-state index contributed by atoms with van der Waals surface area (Å²) in [6, 6.07) is 9.12. The van der Waals surface area contributed by atoms with E-state index in [1.165, 1.54) is 4.21 Å². The second-order valence-corrected chi connectivity index (χ2v) is 6.57. The topological polar surface area (TPSA) is 55.1 Å². The van der Waals surface area contributed by atoms with E-state index >= 15 is 0 Å². The Bertz CT molecular complexity index is 558. The van der Waals surface area contributed by atoms with Gasteiger partial charge in [-0.2, -0.15) is 0 Å². The smallest absolute Gasteiger partial charge is 0.225 e. The molecule has 1 aromatic heterocycles. The predicted octanol–water partition coefficient (Wildman–Crippen LogP) is 4.10. The minimum atomic E-state index is -0.0224. The van der Waals surface area contributed by atoms with Gasteiger partial charge in [0.05, 0.1) is 14.9 Å². The van der Waals surface area contributed by atoms with Crippen LogP contribution in [-0.4, -0.2) is 11.7 Å². The van der Waals surface area contributed by atoms with Crippen molar-refractivity contribution in [3.63, 3.8) is 0 Å². The molecule has 100 valence electrons. The van der Waals surface area contributed by atoms with E-state index in [1.807, 2.05) is 17.5 Å². The van der Waals surface area contributed by atoms with Gasteiger partial charge in [0.15, 0.2) is 0 Å². The largest absolute Gasteiger partial charge is 0.397 e. The molecule has 0 fully saturated rings. The molecule has 0 aliphatic carbocycles. The van der Waals surface area contributed by atoms with Crippen LogP contribution >= 0.6 is 34.7 Å². The number of hydrogen-bond acceptors (Lipinski definition) is 4. The van der Waals surface area contributed by atoms with Gasteiger partial charge in [-0.15, -0.1) is 23.1 Å². The highest BCUT2D eigenvalue weighted by Gasteiger charge is 2.05. The highest BCUT2D eigenvalue weighted by molar-refractivity contribution is 8.01. The van der Waals surface area contributed by atoms with Crippen LogP contribution in [-0.2, 0) is 4.79 Å². The molecule has 0 atom stereocenters. The maximum atomic E-state index is 11.7. The summed E-state index contributed by atoms with van der Waals surface area (Å²) in [6.45, 7) is 0. The van der Waals surface area contributed by atoms with E-state index in [0.29, 0.717) is 22.8 Å². The standard InChI is InChI=1S/C13H13ClN2OS2/c14-10-4-3-9(8-11(10)15)16-12(17)5-7-19-13-2-1-6-18-13/h1-4,6,8H,5,7,15H2,(H,16,17). The molecule has 1 aromatic carbocycles. The van der Waals surface area contributed by atoms with E-state index in [4.69, 9.17) is 17.3 Å². The molecule has 0 saturated carbocycles. The Kier molecular flexibility index (Phi) is 5.13. The number of halogens is 1. The molecule has 3 N–H and O–H groups in total. The second kappa shape index (κ2) is 6.84. The fourth-order valence-electron chi connectivity index (χ4n) is 1.43. The van der Waals surface area contributed by atoms with Gasteiger partial charge in [0.2, 0.25) is 5.91 Å². The number of nitrogens with two attached hydrogens (primary N) is 1. The highest BCUT2D eigenvalue weighted by Crippen LogP contribution is 2.25. The molecular formula is C13H13ClN2OS2. The van der Waals surface area contributed by atoms with Gasteiger partial charge in [-0.05, 0) is 29.6 Å². The van der Waals surface area contributed by atoms with Gasteiger partial charge in [-0.25, -0.2) is 0 Å². The quantitative estimate of drug-likeness (QED) is 0.645. The highest BCUT2D eigenvalue weighted by atomic mass is 35.5. The molecule has 3 nitrogen and oxygen atoms in total. The number of thioether (sulfide) groups is 1. The van der Waals surface area contributed by atoms with Crippen LogP contribution < -0.4 is 11.1 Å². The number of amides is 1. The number of carbonyl (C=O) groups is 1. The van der Waals surface area contributed by atoms with Crippen molar-refractivity contribution in [2.45, 2.75) is 10.6 Å². The Labute approximate surface area is 125 Å². The number of carbonyl (C=O) groups excluding carboxylic acids is 1. The number of hydrogen-bond donors (Lipinski definition) is 2. The number of anilines is 2. The molecule has 2 aromatic rings. The molecule has 1 amide bonds. The molecule has 6 heteroatoms. The second-order valence-electron chi connectivity index (χ2n) is 3.82. The lowest BCUT2D eigenvalue weighted by Crippen LogP contribution is -2.12. The summed E-state index contributed by atoms with van der Waals surface area (Å²) >= 11 is 9.18. The van der Waals surface area contributed by atoms with Crippen molar-refractivity contribution in [3.8, 4) is 0 Å². The van der Waals surface area contributed by atoms with Gasteiger partial charge >= 0.3 is 0 Å². The molecule has 19 heavy (non-hydrogen) atoms. The normalized spacial score (nSPS) is 10.4. The Balaban J connectivity index is 1.79. The van der Waals surface area contributed by atoms with Crippen molar-refractivity contribution in [1.29, 1.82) is 0 Å². The van der Waals surface area contributed by atoms with Crippen molar-refractivity contribution in [2.24, 2.45) is 0 Å². The summed E-state index contributed by atoms with van der Waals surface area (Å²) < 4.78 is 1.23. The van der Waals surface area contributed by atoms with Crippen LogP contribution in [0.1, 0.15) is 6.42 Å². The average Bonchev–Trinajstić information content (AvgIpc) is 2.87. The minimum absolute atomic E-state index is 0.0224. The molecule has 0 radical (unpaired) electrons. The van der Waals surface area contributed by atoms with Crippen LogP contribution in [0.3, 0.4) is 0 Å². The molecule has 2 rings (SSSR count). The Morgan fingerprint density at radius 2 is 2.26 bits per heavy atom. The lowest BCUT2D eigenvalue weighted by atomic mass is 10.2. The van der Waals surface area contributed by atoms with Gasteiger partial charge in [0.1, 0.15) is 0 Å². The zero-order chi connectivity index (χ0) is 13.7. The van der Waals surface area contributed by atoms with Crippen molar-refractivity contribution in [3.05, 3.63) is 40.7 Å². The zero-order valence-electron chi connectivity index (χ0n) is 10.1. The van der Waals surface area contributed by atoms with E-state index in [-0.39, 0.29) is 5.91 Å². The molecule has 1 heterocycles. The van der Waals surface area contributed by atoms with E-state index in [2.05, 4.69) is 5.32 Å². The van der Waals surface area contributed by atoms with Crippen molar-refractivity contribution < 1.29 is 4.79 Å². The monoisotopic (exact) mass is 312 g/mol. The molecule has 0 bridgehead atoms. The maximum Gasteiger partial charge on any atom is 0.225 e. The zero-order valence-corrected chi connectivity index (χ0v) is 12.4. The lowest BCUT2D eigenvalue weighted by molar-refractivity contribution is -0.115. The number of nitrogen functional groups attached to an aromatic ring is 1. The SMILES string of the molecule is Nc1cc(NC(=O)CCSc2cccs2)ccc1Cl. The van der Waals surface area contributed by atoms with E-state index in [1.54, 1.807) is 41.3 Å². The fraction of sp³-hybridized carbons (Fsp3) is 0.154. The first kappa shape index (κ1) is 14.2. The number of thiophene rings is 1. The molecule has 0 aliphatic heterocycles. The van der Waals surface area contributed by atoms with Crippen LogP contribution in [0, 0.1) is 0 Å². The summed E-state index contributed by atoms with van der Waals surface area (Å²) in [7, 11) is 0. The minimum Gasteiger partial charge on any atom is -0.397 e. The van der Waals surface area contributed by atoms with Gasteiger partial charge in [0.25, 0.3) is 0 Å². The maximum absolute atomic E-state index is 11.7. The average molecular weight is 313 g/mol. The number of nitrogens with one attached hydrogen (secondary N) is 1. The summed E-state index contributed by atoms with van der Waals surface area (Å²) in [6.07, 6.45) is 0.463. The van der Waals surface area contributed by atoms with E-state index < -0.39 is 0 Å². The van der Waals surface area contributed by atoms with E-state index in [9.17, 15) is 4.79 Å². The third-order valence-corrected chi connectivity index (χ3v) is 4.83. The molecule has 0 unspecified atom stereocenters. The summed E-state index contributed by atoms with van der Waals surface area (Å²) in [5.41, 5.74) is 6.81. The first-order valence-electron chi connectivity index (χ1n) is 5.66. The number of benzene rings is 1. The van der Waals surface area contributed by atoms with Gasteiger partial charge < -0.3 is 11.1 Å². The summed E-state index contributed by atoms with van der Waals surface area (Å²) in [5.74, 6) is 0.737. The predicted molar refractivity (Wildman–Crippen MR) is 84.2 cm³/mol. The molecule has 0 saturated heterocycles. The Morgan fingerprint density at radius 1 is 1.42 bits per heavy atom. The Morgan fingerprint density at radius 3 is 2.95 bits per heavy atom. The van der Waals surface area contributed by atoms with Gasteiger partial charge in [-0.1, -0.05) is 17.7 Å². The first-order valence-corrected chi connectivity index (χ1v) is 7.90. The Hall–Kier alpha value is -1.17.